The van der Waals surface area contributed by atoms with Gasteiger partial charge in [-0.15, -0.1) is 0 Å². The summed E-state index contributed by atoms with van der Waals surface area (Å²) in [5, 5.41) is 0. The minimum atomic E-state index is 0.438. The van der Waals surface area contributed by atoms with Gasteiger partial charge in [0, 0.05) is 7.85 Å². The van der Waals surface area contributed by atoms with Crippen LogP contribution in [0, 0.1) is 23.2 Å². The zero-order valence-corrected chi connectivity index (χ0v) is 14.8. The molecule has 0 amide bonds. The van der Waals surface area contributed by atoms with E-state index in [1.54, 1.807) is 5.57 Å². The molecule has 5 unspecified atom stereocenters. The van der Waals surface area contributed by atoms with E-state index >= 15 is 0 Å². The van der Waals surface area contributed by atoms with E-state index < -0.39 is 0 Å². The first-order valence-corrected chi connectivity index (χ1v) is 9.18. The first kappa shape index (κ1) is 12.9. The minimum absolute atomic E-state index is 0.438. The number of hydrogen-bond donors (Lipinski definition) is 0. The molecule has 3 aliphatic rings. The molecule has 0 aromatic heterocycles. The molecule has 0 radical (unpaired) electrons. The van der Waals surface area contributed by atoms with E-state index in [2.05, 4.69) is 77.3 Å². The van der Waals surface area contributed by atoms with E-state index in [1.165, 1.54) is 19.3 Å². The number of hydrogen-bond acceptors (Lipinski definition) is 0. The molecular weight excluding hydrogens is 434 g/mol. The fourth-order valence-electron chi connectivity index (χ4n) is 4.25. The van der Waals surface area contributed by atoms with Crippen LogP contribution in [0.25, 0.3) is 0 Å². The average Bonchev–Trinajstić information content (AvgIpc) is 2.49. The van der Waals surface area contributed by atoms with Crippen molar-refractivity contribution in [3.8, 4) is 0 Å². The van der Waals surface area contributed by atoms with Crippen LogP contribution in [0.5, 0.6) is 0 Å². The number of halogens is 2. The Morgan fingerprint density at radius 2 is 1.88 bits per heavy atom. The molecule has 0 aliphatic heterocycles. The highest BCUT2D eigenvalue weighted by Gasteiger charge is 2.52. The maximum Gasteiger partial charge on any atom is 0.0292 e. The van der Waals surface area contributed by atoms with Crippen molar-refractivity contribution in [3.05, 3.63) is 23.8 Å². The number of rotatable bonds is 0. The van der Waals surface area contributed by atoms with Gasteiger partial charge in [-0.05, 0) is 42.4 Å². The highest BCUT2D eigenvalue weighted by Crippen LogP contribution is 2.60. The summed E-state index contributed by atoms with van der Waals surface area (Å²) in [5.74, 6) is 2.58. The second-order valence-corrected chi connectivity index (χ2v) is 9.56. The van der Waals surface area contributed by atoms with Gasteiger partial charge in [0.15, 0.2) is 0 Å². The molecule has 0 N–H and O–H groups in total. The summed E-state index contributed by atoms with van der Waals surface area (Å²) in [5.41, 5.74) is 2.22. The van der Waals surface area contributed by atoms with Crippen molar-refractivity contribution < 1.29 is 0 Å². The van der Waals surface area contributed by atoms with Crippen molar-refractivity contribution in [1.82, 2.24) is 0 Å². The van der Waals surface area contributed by atoms with Crippen molar-refractivity contribution >= 4 is 45.2 Å². The van der Waals surface area contributed by atoms with Crippen LogP contribution in [0.2, 0.25) is 0 Å². The van der Waals surface area contributed by atoms with Gasteiger partial charge in [0.05, 0.1) is 0 Å². The summed E-state index contributed by atoms with van der Waals surface area (Å²) in [7, 11) is 0. The van der Waals surface area contributed by atoms with E-state index in [4.69, 9.17) is 0 Å². The summed E-state index contributed by atoms with van der Waals surface area (Å²) in [6.45, 7) is 4.99. The molecule has 0 spiro atoms. The third-order valence-corrected chi connectivity index (χ3v) is 7.04. The molecule has 0 heterocycles. The monoisotopic (exact) mass is 454 g/mol. The molecule has 0 nitrogen and oxygen atoms in total. The predicted molar refractivity (Wildman–Crippen MR) is 90.9 cm³/mol. The van der Waals surface area contributed by atoms with E-state index in [0.717, 1.165) is 25.6 Å². The average molecular weight is 454 g/mol. The molecule has 0 aromatic carbocycles. The zero-order chi connectivity index (χ0) is 12.2. The van der Waals surface area contributed by atoms with Crippen LogP contribution in [0.1, 0.15) is 33.1 Å². The second-order valence-electron chi connectivity index (χ2n) is 6.36. The van der Waals surface area contributed by atoms with Gasteiger partial charge >= 0.3 is 0 Å². The van der Waals surface area contributed by atoms with Crippen molar-refractivity contribution in [2.45, 2.75) is 41.0 Å². The summed E-state index contributed by atoms with van der Waals surface area (Å²) in [6.07, 6.45) is 11.8. The normalized spacial score (nSPS) is 47.3. The molecule has 3 rings (SSSR count). The first-order valence-electron chi connectivity index (χ1n) is 6.69. The summed E-state index contributed by atoms with van der Waals surface area (Å²) < 4.78 is 1.53. The highest BCUT2D eigenvalue weighted by atomic mass is 127. The highest BCUT2D eigenvalue weighted by molar-refractivity contribution is 14.1. The van der Waals surface area contributed by atoms with E-state index in [-0.39, 0.29) is 0 Å². The van der Waals surface area contributed by atoms with Crippen molar-refractivity contribution in [1.29, 1.82) is 0 Å². The Morgan fingerprint density at radius 1 is 1.12 bits per heavy atom. The molecule has 94 valence electrons. The Balaban J connectivity index is 2.02. The summed E-state index contributed by atoms with van der Waals surface area (Å²) in [6, 6.07) is 0. The maximum absolute atomic E-state index is 2.61. The van der Waals surface area contributed by atoms with Crippen LogP contribution in [-0.4, -0.2) is 7.85 Å². The maximum atomic E-state index is 2.61. The topological polar surface area (TPSA) is 0 Å². The molecule has 5 atom stereocenters. The SMILES string of the molecule is CC1(C)C2=CC(I)CCC2C2C=CC(I)CC21. The Hall–Kier alpha value is 0.940. The van der Waals surface area contributed by atoms with E-state index in [0.29, 0.717) is 5.41 Å². The molecule has 3 aliphatic carbocycles. The van der Waals surface area contributed by atoms with Gasteiger partial charge in [0.2, 0.25) is 0 Å². The van der Waals surface area contributed by atoms with Crippen molar-refractivity contribution in [2.24, 2.45) is 23.2 Å². The van der Waals surface area contributed by atoms with Gasteiger partial charge < -0.3 is 0 Å². The van der Waals surface area contributed by atoms with Crippen LogP contribution in [0.15, 0.2) is 23.8 Å². The van der Waals surface area contributed by atoms with Crippen molar-refractivity contribution in [3.63, 3.8) is 0 Å². The van der Waals surface area contributed by atoms with Crippen LogP contribution in [-0.2, 0) is 0 Å². The molecule has 1 fully saturated rings. The van der Waals surface area contributed by atoms with Gasteiger partial charge in [-0.3, -0.25) is 0 Å². The Morgan fingerprint density at radius 3 is 2.65 bits per heavy atom. The largest absolute Gasteiger partial charge is 0.0835 e. The van der Waals surface area contributed by atoms with Crippen molar-refractivity contribution in [2.75, 3.05) is 0 Å². The van der Waals surface area contributed by atoms with E-state index in [9.17, 15) is 0 Å². The smallest absolute Gasteiger partial charge is 0.0292 e. The lowest BCUT2D eigenvalue weighted by Crippen LogP contribution is -2.27. The predicted octanol–water partition coefficient (Wildman–Crippen LogP) is 5.16. The van der Waals surface area contributed by atoms with Gasteiger partial charge in [0.1, 0.15) is 0 Å². The van der Waals surface area contributed by atoms with Gasteiger partial charge in [-0.1, -0.05) is 82.8 Å². The zero-order valence-electron chi connectivity index (χ0n) is 10.5. The molecule has 17 heavy (non-hydrogen) atoms. The fraction of sp³-hybridized carbons (Fsp3) is 0.733. The van der Waals surface area contributed by atoms with Gasteiger partial charge in [0.25, 0.3) is 0 Å². The van der Waals surface area contributed by atoms with E-state index in [1.807, 2.05) is 0 Å². The van der Waals surface area contributed by atoms with Crippen LogP contribution < -0.4 is 0 Å². The second kappa shape index (κ2) is 4.50. The Bertz CT molecular complexity index is 380. The standard InChI is InChI=1S/C15H20I2/c1-15(2)13-7-9(16)3-5-11(13)12-6-4-10(17)8-14(12)15/h3,5,8-13H,4,6-7H2,1-2H3. The third-order valence-electron chi connectivity index (χ3n) is 5.13. The lowest BCUT2D eigenvalue weighted by molar-refractivity contribution is 0.240. The Labute approximate surface area is 132 Å². The number of alkyl halides is 2. The minimum Gasteiger partial charge on any atom is -0.0835 e. The fourth-order valence-corrected chi connectivity index (χ4v) is 5.79. The van der Waals surface area contributed by atoms with Gasteiger partial charge in [-0.25, -0.2) is 0 Å². The third kappa shape index (κ3) is 2.05. The summed E-state index contributed by atoms with van der Waals surface area (Å²) in [4.78, 5) is 0. The van der Waals surface area contributed by atoms with Crippen LogP contribution in [0.4, 0.5) is 0 Å². The Kier molecular flexibility index (Phi) is 3.42. The lowest BCUT2D eigenvalue weighted by atomic mass is 9.72. The number of fused-ring (bicyclic) bond motifs is 3. The molecule has 0 bridgehead atoms. The lowest BCUT2D eigenvalue weighted by Gasteiger charge is -2.34. The number of allylic oxidation sites excluding steroid dienone is 4. The van der Waals surface area contributed by atoms with Gasteiger partial charge in [-0.2, -0.15) is 0 Å². The molecule has 2 heteroatoms. The molecular formula is C15H20I2. The molecule has 0 saturated heterocycles. The summed E-state index contributed by atoms with van der Waals surface area (Å²) >= 11 is 5.21. The molecule has 0 aromatic rings. The molecule has 1 saturated carbocycles. The first-order chi connectivity index (χ1) is 8.00. The van der Waals surface area contributed by atoms with Crippen LogP contribution in [0.3, 0.4) is 0 Å². The quantitative estimate of drug-likeness (QED) is 0.270. The van der Waals surface area contributed by atoms with Crippen LogP contribution >= 0.6 is 45.2 Å².